The number of nitrogens with one attached hydrogen (secondary N) is 1. The smallest absolute Gasteiger partial charge is 0.353 e. The van der Waals surface area contributed by atoms with Crippen LogP contribution in [0.2, 0.25) is 0 Å². The molecule has 2 aromatic rings. The molecule has 0 bridgehead atoms. The van der Waals surface area contributed by atoms with Crippen LogP contribution in [0, 0.1) is 0 Å². The van der Waals surface area contributed by atoms with Crippen molar-refractivity contribution in [1.29, 1.82) is 0 Å². The molecule has 0 amide bonds. The van der Waals surface area contributed by atoms with Gasteiger partial charge in [0.25, 0.3) is 0 Å². The van der Waals surface area contributed by atoms with E-state index in [-0.39, 0.29) is 5.69 Å². The van der Waals surface area contributed by atoms with Gasteiger partial charge in [0.05, 0.1) is 11.9 Å². The van der Waals surface area contributed by atoms with Crippen LogP contribution in [0.3, 0.4) is 0 Å². The summed E-state index contributed by atoms with van der Waals surface area (Å²) in [6.45, 7) is 0. The highest BCUT2D eigenvalue weighted by atomic mass is 16.4. The number of carboxylic acids is 1. The SMILES string of the molecule is O=C(O)c1[nH]ccc1-c1ccnnn1. The summed E-state index contributed by atoms with van der Waals surface area (Å²) in [7, 11) is 0. The van der Waals surface area contributed by atoms with E-state index in [1.54, 1.807) is 18.3 Å². The molecule has 14 heavy (non-hydrogen) atoms. The van der Waals surface area contributed by atoms with Crippen LogP contribution in [0.25, 0.3) is 11.3 Å². The Balaban J connectivity index is 2.52. The Labute approximate surface area is 78.6 Å². The average molecular weight is 190 g/mol. The van der Waals surface area contributed by atoms with Crippen LogP contribution in [0.15, 0.2) is 24.5 Å². The molecule has 0 unspecified atom stereocenters. The quantitative estimate of drug-likeness (QED) is 0.722. The number of carbonyl (C=O) groups is 1. The third-order valence-electron chi connectivity index (χ3n) is 1.74. The molecule has 2 N–H and O–H groups in total. The van der Waals surface area contributed by atoms with Crippen molar-refractivity contribution >= 4 is 5.97 Å². The van der Waals surface area contributed by atoms with Gasteiger partial charge >= 0.3 is 5.97 Å². The van der Waals surface area contributed by atoms with Gasteiger partial charge in [0.15, 0.2) is 0 Å². The van der Waals surface area contributed by atoms with Gasteiger partial charge in [-0.15, -0.1) is 10.2 Å². The molecule has 0 aliphatic rings. The number of hydrogen-bond donors (Lipinski definition) is 2. The molecule has 2 aromatic heterocycles. The largest absolute Gasteiger partial charge is 0.477 e. The fourth-order valence-corrected chi connectivity index (χ4v) is 1.14. The lowest BCUT2D eigenvalue weighted by Crippen LogP contribution is -2.00. The van der Waals surface area contributed by atoms with Gasteiger partial charge in [-0.3, -0.25) is 0 Å². The average Bonchev–Trinajstić information content (AvgIpc) is 2.67. The summed E-state index contributed by atoms with van der Waals surface area (Å²) in [6, 6.07) is 3.23. The Kier molecular flexibility index (Phi) is 1.94. The maximum Gasteiger partial charge on any atom is 0.353 e. The monoisotopic (exact) mass is 190 g/mol. The van der Waals surface area contributed by atoms with Gasteiger partial charge in [0.1, 0.15) is 5.69 Å². The number of aromatic carboxylic acids is 1. The van der Waals surface area contributed by atoms with Crippen LogP contribution >= 0.6 is 0 Å². The Morgan fingerprint density at radius 3 is 2.93 bits per heavy atom. The number of carboxylic acid groups (broad SMARTS) is 1. The molecule has 0 atom stereocenters. The highest BCUT2D eigenvalue weighted by Gasteiger charge is 2.13. The zero-order valence-corrected chi connectivity index (χ0v) is 7.01. The molecule has 0 aromatic carbocycles. The Morgan fingerprint density at radius 1 is 1.43 bits per heavy atom. The number of aromatic nitrogens is 4. The normalized spacial score (nSPS) is 10.0. The first-order chi connectivity index (χ1) is 6.79. The van der Waals surface area contributed by atoms with Gasteiger partial charge in [-0.2, -0.15) is 0 Å². The van der Waals surface area contributed by atoms with Crippen molar-refractivity contribution < 1.29 is 9.90 Å². The topological polar surface area (TPSA) is 91.8 Å². The molecule has 0 spiro atoms. The summed E-state index contributed by atoms with van der Waals surface area (Å²) in [6.07, 6.45) is 3.00. The van der Waals surface area contributed by atoms with E-state index in [0.29, 0.717) is 11.3 Å². The number of aromatic amines is 1. The molecule has 0 saturated heterocycles. The van der Waals surface area contributed by atoms with Gasteiger partial charge in [0.2, 0.25) is 0 Å². The molecule has 0 aliphatic heterocycles. The molecule has 2 heterocycles. The van der Waals surface area contributed by atoms with Gasteiger partial charge in [-0.25, -0.2) is 4.79 Å². The van der Waals surface area contributed by atoms with Gasteiger partial charge in [0, 0.05) is 11.8 Å². The maximum absolute atomic E-state index is 10.8. The third-order valence-corrected chi connectivity index (χ3v) is 1.74. The lowest BCUT2D eigenvalue weighted by molar-refractivity contribution is 0.0692. The standard InChI is InChI=1S/C8H6N4O2/c13-8(14)7-5(1-3-9-7)6-2-4-10-12-11-6/h1-4,9H,(H,13,14). The Hall–Kier alpha value is -2.24. The molecule has 6 nitrogen and oxygen atoms in total. The van der Waals surface area contributed by atoms with Crippen LogP contribution in [0.1, 0.15) is 10.5 Å². The summed E-state index contributed by atoms with van der Waals surface area (Å²) in [4.78, 5) is 13.4. The lowest BCUT2D eigenvalue weighted by atomic mass is 10.2. The van der Waals surface area contributed by atoms with Crippen molar-refractivity contribution in [3.05, 3.63) is 30.2 Å². The van der Waals surface area contributed by atoms with E-state index in [0.717, 1.165) is 0 Å². The minimum atomic E-state index is -1.02. The molecule has 2 rings (SSSR count). The molecular formula is C8H6N4O2. The summed E-state index contributed by atoms with van der Waals surface area (Å²) in [5.41, 5.74) is 1.09. The number of nitrogens with zero attached hydrogens (tertiary/aromatic N) is 3. The second-order valence-corrected chi connectivity index (χ2v) is 2.58. The van der Waals surface area contributed by atoms with E-state index in [9.17, 15) is 4.79 Å². The zero-order chi connectivity index (χ0) is 9.97. The molecule has 0 aliphatic carbocycles. The van der Waals surface area contributed by atoms with Gasteiger partial charge in [-0.1, -0.05) is 0 Å². The second kappa shape index (κ2) is 3.25. The van der Waals surface area contributed by atoms with E-state index in [1.807, 2.05) is 0 Å². The predicted molar refractivity (Wildman–Crippen MR) is 46.6 cm³/mol. The fourth-order valence-electron chi connectivity index (χ4n) is 1.14. The van der Waals surface area contributed by atoms with Gasteiger partial charge < -0.3 is 10.1 Å². The van der Waals surface area contributed by atoms with Crippen LogP contribution < -0.4 is 0 Å². The predicted octanol–water partition coefficient (Wildman–Crippen LogP) is 0.565. The maximum atomic E-state index is 10.8. The molecule has 0 fully saturated rings. The Morgan fingerprint density at radius 2 is 2.29 bits per heavy atom. The second-order valence-electron chi connectivity index (χ2n) is 2.58. The van der Waals surface area contributed by atoms with E-state index >= 15 is 0 Å². The summed E-state index contributed by atoms with van der Waals surface area (Å²) in [5, 5.41) is 19.5. The summed E-state index contributed by atoms with van der Waals surface area (Å²) >= 11 is 0. The first-order valence-electron chi connectivity index (χ1n) is 3.84. The number of hydrogen-bond acceptors (Lipinski definition) is 4. The van der Waals surface area contributed by atoms with Crippen LogP contribution in [-0.4, -0.2) is 31.5 Å². The van der Waals surface area contributed by atoms with Crippen molar-refractivity contribution in [2.24, 2.45) is 0 Å². The van der Waals surface area contributed by atoms with Crippen molar-refractivity contribution in [2.45, 2.75) is 0 Å². The van der Waals surface area contributed by atoms with Crippen molar-refractivity contribution in [1.82, 2.24) is 20.4 Å². The minimum Gasteiger partial charge on any atom is -0.477 e. The van der Waals surface area contributed by atoms with E-state index in [4.69, 9.17) is 5.11 Å². The zero-order valence-electron chi connectivity index (χ0n) is 7.01. The van der Waals surface area contributed by atoms with E-state index in [2.05, 4.69) is 20.4 Å². The van der Waals surface area contributed by atoms with Crippen LogP contribution in [0.4, 0.5) is 0 Å². The van der Waals surface area contributed by atoms with Gasteiger partial charge in [-0.05, 0) is 17.3 Å². The van der Waals surface area contributed by atoms with Crippen LogP contribution in [-0.2, 0) is 0 Å². The number of rotatable bonds is 2. The number of H-pyrrole nitrogens is 1. The van der Waals surface area contributed by atoms with E-state index < -0.39 is 5.97 Å². The fraction of sp³-hybridized carbons (Fsp3) is 0. The molecule has 0 saturated carbocycles. The minimum absolute atomic E-state index is 0.102. The van der Waals surface area contributed by atoms with Crippen molar-refractivity contribution in [2.75, 3.05) is 0 Å². The third kappa shape index (κ3) is 1.33. The first-order valence-corrected chi connectivity index (χ1v) is 3.84. The van der Waals surface area contributed by atoms with Crippen LogP contribution in [0.5, 0.6) is 0 Å². The molecule has 0 radical (unpaired) electrons. The van der Waals surface area contributed by atoms with E-state index in [1.165, 1.54) is 6.20 Å². The van der Waals surface area contributed by atoms with Crippen molar-refractivity contribution in [3.63, 3.8) is 0 Å². The summed E-state index contributed by atoms with van der Waals surface area (Å²) in [5.74, 6) is -1.02. The molecule has 6 heteroatoms. The molecular weight excluding hydrogens is 184 g/mol. The highest BCUT2D eigenvalue weighted by Crippen LogP contribution is 2.19. The highest BCUT2D eigenvalue weighted by molar-refractivity contribution is 5.93. The summed E-state index contributed by atoms with van der Waals surface area (Å²) < 4.78 is 0. The lowest BCUT2D eigenvalue weighted by Gasteiger charge is -1.96. The first kappa shape index (κ1) is 8.36. The Bertz CT molecular complexity index is 451. The molecule has 70 valence electrons. The van der Waals surface area contributed by atoms with Crippen molar-refractivity contribution in [3.8, 4) is 11.3 Å².